The van der Waals surface area contributed by atoms with Gasteiger partial charge in [0.1, 0.15) is 0 Å². The molecule has 0 saturated heterocycles. The molecule has 76 valence electrons. The highest BCUT2D eigenvalue weighted by Gasteiger charge is 2.38. The molecule has 1 N–H and O–H groups in total. The summed E-state index contributed by atoms with van der Waals surface area (Å²) < 4.78 is 34.9. The van der Waals surface area contributed by atoms with Crippen LogP contribution < -0.4 is 5.43 Å². The molecule has 0 aromatic heterocycles. The van der Waals surface area contributed by atoms with Crippen LogP contribution in [0.25, 0.3) is 0 Å². The standard InChI is InChI=1S/C7H11F3N2O/c1-4(2)5(3)11-12-6(13)7(8,9)10/h4H,1-3H3,(H,12,13)/b11-5+. The topological polar surface area (TPSA) is 41.5 Å². The Morgan fingerprint density at radius 1 is 1.38 bits per heavy atom. The summed E-state index contributed by atoms with van der Waals surface area (Å²) in [6.45, 7) is 5.07. The van der Waals surface area contributed by atoms with Crippen LogP contribution in [-0.2, 0) is 4.79 Å². The minimum atomic E-state index is -4.87. The van der Waals surface area contributed by atoms with Gasteiger partial charge in [0.25, 0.3) is 0 Å². The maximum atomic E-state index is 11.6. The van der Waals surface area contributed by atoms with E-state index in [0.29, 0.717) is 5.71 Å². The minimum Gasteiger partial charge on any atom is -0.263 e. The van der Waals surface area contributed by atoms with E-state index >= 15 is 0 Å². The highest BCUT2D eigenvalue weighted by atomic mass is 19.4. The number of rotatable bonds is 2. The predicted molar refractivity (Wildman–Crippen MR) is 42.1 cm³/mol. The summed E-state index contributed by atoms with van der Waals surface area (Å²) in [4.78, 5) is 10.2. The summed E-state index contributed by atoms with van der Waals surface area (Å²) >= 11 is 0. The van der Waals surface area contributed by atoms with E-state index in [2.05, 4.69) is 5.10 Å². The van der Waals surface area contributed by atoms with E-state index < -0.39 is 12.1 Å². The molecule has 0 rings (SSSR count). The highest BCUT2D eigenvalue weighted by molar-refractivity contribution is 5.87. The number of nitrogens with zero attached hydrogens (tertiary/aromatic N) is 1. The lowest BCUT2D eigenvalue weighted by Gasteiger charge is -2.06. The number of nitrogens with one attached hydrogen (secondary N) is 1. The highest BCUT2D eigenvalue weighted by Crippen LogP contribution is 2.13. The molecule has 0 aromatic rings. The van der Waals surface area contributed by atoms with Gasteiger partial charge in [0.05, 0.1) is 0 Å². The second kappa shape index (κ2) is 4.25. The van der Waals surface area contributed by atoms with Crippen molar-refractivity contribution < 1.29 is 18.0 Å². The molecule has 1 amide bonds. The molecule has 0 saturated carbocycles. The van der Waals surface area contributed by atoms with Gasteiger partial charge in [-0.15, -0.1) is 0 Å². The van der Waals surface area contributed by atoms with Crippen molar-refractivity contribution in [2.75, 3.05) is 0 Å². The van der Waals surface area contributed by atoms with Gasteiger partial charge in [0.2, 0.25) is 0 Å². The molecule has 0 aliphatic rings. The van der Waals surface area contributed by atoms with Crippen molar-refractivity contribution in [2.24, 2.45) is 11.0 Å². The van der Waals surface area contributed by atoms with Gasteiger partial charge in [-0.25, -0.2) is 5.43 Å². The second-order valence-electron chi connectivity index (χ2n) is 2.85. The third kappa shape index (κ3) is 4.49. The van der Waals surface area contributed by atoms with Crippen LogP contribution in [0, 0.1) is 5.92 Å². The fourth-order valence-corrected chi connectivity index (χ4v) is 0.331. The fraction of sp³-hybridized carbons (Fsp3) is 0.714. The van der Waals surface area contributed by atoms with Crippen molar-refractivity contribution in [1.82, 2.24) is 5.43 Å². The third-order valence-electron chi connectivity index (χ3n) is 1.43. The first-order valence-electron chi connectivity index (χ1n) is 3.66. The van der Waals surface area contributed by atoms with Crippen LogP contribution in [0.2, 0.25) is 0 Å². The summed E-state index contributed by atoms with van der Waals surface area (Å²) in [7, 11) is 0. The number of hydrazone groups is 1. The van der Waals surface area contributed by atoms with Gasteiger partial charge in [0.15, 0.2) is 0 Å². The van der Waals surface area contributed by atoms with Crippen LogP contribution in [-0.4, -0.2) is 17.8 Å². The molecule has 3 nitrogen and oxygen atoms in total. The Morgan fingerprint density at radius 3 is 2.15 bits per heavy atom. The molecule has 13 heavy (non-hydrogen) atoms. The van der Waals surface area contributed by atoms with E-state index in [1.807, 2.05) is 0 Å². The van der Waals surface area contributed by atoms with Gasteiger partial charge in [-0.1, -0.05) is 13.8 Å². The number of hydrogen-bond acceptors (Lipinski definition) is 2. The van der Waals surface area contributed by atoms with E-state index in [9.17, 15) is 18.0 Å². The summed E-state index contributed by atoms with van der Waals surface area (Å²) in [6.07, 6.45) is -4.87. The zero-order chi connectivity index (χ0) is 10.6. The molecule has 0 atom stereocenters. The summed E-state index contributed by atoms with van der Waals surface area (Å²) in [5.74, 6) is -2.04. The van der Waals surface area contributed by atoms with Crippen molar-refractivity contribution in [2.45, 2.75) is 26.9 Å². The van der Waals surface area contributed by atoms with Crippen molar-refractivity contribution >= 4 is 11.6 Å². The summed E-state index contributed by atoms with van der Waals surface area (Å²) in [6, 6.07) is 0. The van der Waals surface area contributed by atoms with Crippen LogP contribution in [0.4, 0.5) is 13.2 Å². The van der Waals surface area contributed by atoms with Crippen LogP contribution in [0.3, 0.4) is 0 Å². The molecule has 6 heteroatoms. The SMILES string of the molecule is C/C(=N\NC(=O)C(F)(F)F)C(C)C. The Labute approximate surface area is 74.0 Å². The molecule has 0 aromatic carbocycles. The Kier molecular flexibility index (Phi) is 3.90. The van der Waals surface area contributed by atoms with E-state index in [-0.39, 0.29) is 5.92 Å². The van der Waals surface area contributed by atoms with Gasteiger partial charge >= 0.3 is 12.1 Å². The maximum Gasteiger partial charge on any atom is 0.473 e. The van der Waals surface area contributed by atoms with Crippen molar-refractivity contribution in [3.63, 3.8) is 0 Å². The van der Waals surface area contributed by atoms with E-state index in [0.717, 1.165) is 0 Å². The lowest BCUT2D eigenvalue weighted by Crippen LogP contribution is -2.34. The van der Waals surface area contributed by atoms with Gasteiger partial charge in [-0.2, -0.15) is 18.3 Å². The second-order valence-corrected chi connectivity index (χ2v) is 2.85. The average Bonchev–Trinajstić information content (AvgIpc) is 1.97. The molecule has 0 heterocycles. The zero-order valence-electron chi connectivity index (χ0n) is 7.57. The normalized spacial score (nSPS) is 13.3. The number of hydrogen-bond donors (Lipinski definition) is 1. The van der Waals surface area contributed by atoms with Crippen LogP contribution in [0.5, 0.6) is 0 Å². The number of amides is 1. The number of halogens is 3. The number of carbonyl (C=O) groups excluding carboxylic acids is 1. The molecule has 0 radical (unpaired) electrons. The molecular formula is C7H11F3N2O. The Morgan fingerprint density at radius 2 is 1.85 bits per heavy atom. The Balaban J connectivity index is 4.18. The van der Waals surface area contributed by atoms with Crippen molar-refractivity contribution in [1.29, 1.82) is 0 Å². The number of carbonyl (C=O) groups is 1. The average molecular weight is 196 g/mol. The first-order valence-corrected chi connectivity index (χ1v) is 3.66. The van der Waals surface area contributed by atoms with Crippen molar-refractivity contribution in [3.8, 4) is 0 Å². The monoisotopic (exact) mass is 196 g/mol. The molecule has 0 unspecified atom stereocenters. The fourth-order valence-electron chi connectivity index (χ4n) is 0.331. The molecule has 0 bridgehead atoms. The molecule has 0 aliphatic carbocycles. The first-order chi connectivity index (χ1) is 5.75. The van der Waals surface area contributed by atoms with Gasteiger partial charge in [-0.05, 0) is 12.8 Å². The van der Waals surface area contributed by atoms with E-state index in [4.69, 9.17) is 0 Å². The smallest absolute Gasteiger partial charge is 0.263 e. The van der Waals surface area contributed by atoms with Gasteiger partial charge in [0, 0.05) is 5.71 Å². The first kappa shape index (κ1) is 11.9. The summed E-state index contributed by atoms with van der Waals surface area (Å²) in [5, 5.41) is 3.29. The third-order valence-corrected chi connectivity index (χ3v) is 1.43. The van der Waals surface area contributed by atoms with Gasteiger partial charge in [-0.3, -0.25) is 4.79 Å². The van der Waals surface area contributed by atoms with Crippen LogP contribution in [0.15, 0.2) is 5.10 Å². The predicted octanol–water partition coefficient (Wildman–Crippen LogP) is 1.70. The van der Waals surface area contributed by atoms with Gasteiger partial charge < -0.3 is 0 Å². The molecule has 0 aliphatic heterocycles. The largest absolute Gasteiger partial charge is 0.473 e. The molecule has 0 spiro atoms. The minimum absolute atomic E-state index is 0.00790. The molecular weight excluding hydrogens is 185 g/mol. The van der Waals surface area contributed by atoms with Crippen LogP contribution in [0.1, 0.15) is 20.8 Å². The Hall–Kier alpha value is -1.07. The lowest BCUT2D eigenvalue weighted by molar-refractivity contribution is -0.173. The Bertz CT molecular complexity index is 220. The molecule has 0 fully saturated rings. The zero-order valence-corrected chi connectivity index (χ0v) is 7.57. The van der Waals surface area contributed by atoms with E-state index in [1.54, 1.807) is 20.8 Å². The van der Waals surface area contributed by atoms with Crippen LogP contribution >= 0.6 is 0 Å². The lowest BCUT2D eigenvalue weighted by atomic mass is 10.1. The number of alkyl halides is 3. The van der Waals surface area contributed by atoms with E-state index in [1.165, 1.54) is 5.43 Å². The maximum absolute atomic E-state index is 11.6. The summed E-state index contributed by atoms with van der Waals surface area (Å²) in [5.41, 5.74) is 1.87. The quantitative estimate of drug-likeness (QED) is 0.530. The van der Waals surface area contributed by atoms with Crippen molar-refractivity contribution in [3.05, 3.63) is 0 Å².